The molecule has 70 heavy (non-hydrogen) atoms. The maximum absolute atomic E-state index is 17.2. The molecule has 6 rings (SSSR count). The standard InChI is InChI=1S/C61H89FO4S4/c1-13-19-24-26-31-41(29-22-16-4)38-64-53-44-34-48-46(36-50(68-48)60(7,8)9)54(65-39-42(30-23-17-5)32-27-25-20-14-2)43(44)33-47-45(53)35-49(67-47)55-51-52(62)57(69-56(51)58(70-55)61(10,11)12)59(63)66-37-40(18-6)28-21-15-3/h33-36,40-42H,13-32,37-39H2,1-12H3. The van der Waals surface area contributed by atoms with Gasteiger partial charge in [0.15, 0.2) is 5.82 Å². The van der Waals surface area contributed by atoms with Crippen LogP contribution >= 0.6 is 45.3 Å². The first-order chi connectivity index (χ1) is 33.6. The van der Waals surface area contributed by atoms with Crippen LogP contribution in [0.25, 0.3) is 50.8 Å². The molecule has 3 atom stereocenters. The second-order valence-electron chi connectivity index (χ2n) is 22.6. The van der Waals surface area contributed by atoms with Gasteiger partial charge < -0.3 is 14.2 Å². The lowest BCUT2D eigenvalue weighted by molar-refractivity contribution is 0.0429. The van der Waals surface area contributed by atoms with Crippen molar-refractivity contribution < 1.29 is 23.4 Å². The topological polar surface area (TPSA) is 44.8 Å². The van der Waals surface area contributed by atoms with Gasteiger partial charge in [-0.15, -0.1) is 45.3 Å². The molecule has 388 valence electrons. The van der Waals surface area contributed by atoms with E-state index in [1.807, 2.05) is 11.3 Å². The van der Waals surface area contributed by atoms with E-state index in [4.69, 9.17) is 14.2 Å². The molecule has 4 heterocycles. The summed E-state index contributed by atoms with van der Waals surface area (Å²) in [5.41, 5.74) is -0.265. The van der Waals surface area contributed by atoms with Crippen molar-refractivity contribution in [3.8, 4) is 21.3 Å². The van der Waals surface area contributed by atoms with Gasteiger partial charge in [0.25, 0.3) is 0 Å². The van der Waals surface area contributed by atoms with Gasteiger partial charge in [-0.1, -0.05) is 179 Å². The maximum Gasteiger partial charge on any atom is 0.351 e. The van der Waals surface area contributed by atoms with E-state index >= 15 is 4.39 Å². The van der Waals surface area contributed by atoms with Gasteiger partial charge in [-0.25, -0.2) is 9.18 Å². The van der Waals surface area contributed by atoms with Gasteiger partial charge in [0.2, 0.25) is 0 Å². The number of rotatable bonds is 30. The lowest BCUT2D eigenvalue weighted by Crippen LogP contribution is -2.14. The third-order valence-corrected chi connectivity index (χ3v) is 20.1. The molecule has 0 aliphatic heterocycles. The zero-order valence-electron chi connectivity index (χ0n) is 45.4. The van der Waals surface area contributed by atoms with Gasteiger partial charge in [0.1, 0.15) is 16.4 Å². The Labute approximate surface area is 438 Å². The van der Waals surface area contributed by atoms with Gasteiger partial charge in [0, 0.05) is 51.0 Å². The number of carbonyl (C=O) groups excluding carboxylic acids is 1. The molecule has 0 radical (unpaired) electrons. The molecule has 0 spiro atoms. The first-order valence-corrected chi connectivity index (χ1v) is 31.0. The number of esters is 1. The van der Waals surface area contributed by atoms with Crippen molar-refractivity contribution in [1.29, 1.82) is 0 Å². The number of carbonyl (C=O) groups is 1. The Morgan fingerprint density at radius 3 is 1.54 bits per heavy atom. The van der Waals surface area contributed by atoms with E-state index < -0.39 is 11.8 Å². The van der Waals surface area contributed by atoms with Crippen molar-refractivity contribution in [1.82, 2.24) is 0 Å². The van der Waals surface area contributed by atoms with E-state index in [1.54, 1.807) is 22.7 Å². The van der Waals surface area contributed by atoms with E-state index in [0.717, 1.165) is 83.8 Å². The molecule has 0 amide bonds. The average molecular weight is 1030 g/mol. The molecule has 6 aromatic rings. The zero-order valence-corrected chi connectivity index (χ0v) is 48.7. The number of unbranched alkanes of at least 4 members (excludes halogenated alkanes) is 9. The molecule has 4 aromatic heterocycles. The summed E-state index contributed by atoms with van der Waals surface area (Å²) in [6, 6.07) is 9.39. The lowest BCUT2D eigenvalue weighted by atomic mass is 9.93. The van der Waals surface area contributed by atoms with Gasteiger partial charge in [-0.2, -0.15) is 0 Å². The summed E-state index contributed by atoms with van der Waals surface area (Å²) in [5, 5.41) is 4.99. The van der Waals surface area contributed by atoms with Crippen LogP contribution in [0.2, 0.25) is 0 Å². The normalized spacial score (nSPS) is 13.8. The zero-order chi connectivity index (χ0) is 50.6. The second kappa shape index (κ2) is 26.5. The van der Waals surface area contributed by atoms with Crippen molar-refractivity contribution in [3.63, 3.8) is 0 Å². The van der Waals surface area contributed by atoms with Gasteiger partial charge in [-0.05, 0) is 85.0 Å². The molecule has 4 nitrogen and oxygen atoms in total. The number of ether oxygens (including phenoxy) is 3. The summed E-state index contributed by atoms with van der Waals surface area (Å²) in [4.78, 5) is 18.2. The fourth-order valence-corrected chi connectivity index (χ4v) is 15.1. The van der Waals surface area contributed by atoms with E-state index in [-0.39, 0.29) is 21.6 Å². The van der Waals surface area contributed by atoms with Crippen LogP contribution < -0.4 is 9.47 Å². The number of hydrogen-bond donors (Lipinski definition) is 0. The molecule has 0 fully saturated rings. The Kier molecular flexibility index (Phi) is 21.4. The molecule has 0 aliphatic rings. The largest absolute Gasteiger partial charge is 0.492 e. The van der Waals surface area contributed by atoms with Crippen LogP contribution in [0, 0.1) is 23.6 Å². The summed E-state index contributed by atoms with van der Waals surface area (Å²) in [6.07, 6.45) is 23.6. The van der Waals surface area contributed by atoms with Crippen LogP contribution in [-0.4, -0.2) is 25.8 Å². The summed E-state index contributed by atoms with van der Waals surface area (Å²) in [6.45, 7) is 28.7. The molecular weight excluding hydrogens is 944 g/mol. The predicted octanol–water partition coefficient (Wildman–Crippen LogP) is 21.6. The molecular formula is C61H89FO4S4. The second-order valence-corrected chi connectivity index (χ2v) is 26.8. The number of thiophene rings is 4. The fraction of sp³-hybridized carbons (Fsp3) is 0.656. The van der Waals surface area contributed by atoms with Crippen LogP contribution in [0.1, 0.15) is 231 Å². The van der Waals surface area contributed by atoms with Crippen molar-refractivity contribution in [2.24, 2.45) is 17.8 Å². The first kappa shape index (κ1) is 56.6. The third-order valence-electron chi connectivity index (χ3n) is 14.4. The molecule has 0 N–H and O–H groups in total. The molecule has 0 saturated carbocycles. The minimum Gasteiger partial charge on any atom is -0.492 e. The summed E-state index contributed by atoms with van der Waals surface area (Å²) >= 11 is 6.53. The van der Waals surface area contributed by atoms with E-state index in [2.05, 4.69) is 107 Å². The Bertz CT molecular complexity index is 2580. The Morgan fingerprint density at radius 1 is 0.543 bits per heavy atom. The highest BCUT2D eigenvalue weighted by Gasteiger charge is 2.32. The third kappa shape index (κ3) is 14.1. The fourth-order valence-electron chi connectivity index (χ4n) is 9.91. The summed E-state index contributed by atoms with van der Waals surface area (Å²) in [5.74, 6) is 2.13. The quantitative estimate of drug-likeness (QED) is 0.0333. The predicted molar refractivity (Wildman–Crippen MR) is 309 cm³/mol. The number of fused-ring (bicyclic) bond motifs is 4. The summed E-state index contributed by atoms with van der Waals surface area (Å²) in [7, 11) is 0. The Balaban J connectivity index is 1.54. The first-order valence-electron chi connectivity index (χ1n) is 27.7. The molecule has 0 bridgehead atoms. The SMILES string of the molecule is CCCCCCC(CCCC)COc1c2cc(-c3sc(C(C)(C)C)c4sc(C(=O)OCC(CC)CCCC)c(F)c34)sc2cc2c(OCC(CCCC)CCCCCC)c3cc(C(C)(C)C)sc3cc12. The smallest absolute Gasteiger partial charge is 0.351 e. The number of benzene rings is 2. The number of hydrogen-bond acceptors (Lipinski definition) is 8. The van der Waals surface area contributed by atoms with Crippen LogP contribution in [0.15, 0.2) is 24.3 Å². The number of halogens is 1. The van der Waals surface area contributed by atoms with Gasteiger partial charge >= 0.3 is 5.97 Å². The molecule has 9 heteroatoms. The average Bonchev–Trinajstić information content (AvgIpc) is 4.12. The Morgan fingerprint density at radius 2 is 1.04 bits per heavy atom. The maximum atomic E-state index is 17.2. The van der Waals surface area contributed by atoms with Gasteiger partial charge in [-0.3, -0.25) is 0 Å². The minimum atomic E-state index is -0.546. The molecule has 0 saturated heterocycles. The molecule has 3 unspecified atom stereocenters. The monoisotopic (exact) mass is 1030 g/mol. The molecule has 0 aliphatic carbocycles. The van der Waals surface area contributed by atoms with Crippen molar-refractivity contribution in [2.45, 2.75) is 222 Å². The Hall–Kier alpha value is -2.72. The van der Waals surface area contributed by atoms with Crippen molar-refractivity contribution in [3.05, 3.63) is 44.7 Å². The van der Waals surface area contributed by atoms with Crippen LogP contribution in [0.4, 0.5) is 4.39 Å². The van der Waals surface area contributed by atoms with Crippen LogP contribution in [-0.2, 0) is 15.6 Å². The van der Waals surface area contributed by atoms with E-state index in [0.29, 0.717) is 37.0 Å². The highest BCUT2D eigenvalue weighted by Crippen LogP contribution is 2.54. The minimum absolute atomic E-state index is 0.00696. The van der Waals surface area contributed by atoms with Gasteiger partial charge in [0.05, 0.1) is 29.4 Å². The van der Waals surface area contributed by atoms with Crippen LogP contribution in [0.3, 0.4) is 0 Å². The van der Waals surface area contributed by atoms with E-state index in [1.165, 1.54) is 123 Å². The van der Waals surface area contributed by atoms with Crippen molar-refractivity contribution >= 4 is 92.3 Å². The van der Waals surface area contributed by atoms with Crippen LogP contribution in [0.5, 0.6) is 11.5 Å². The van der Waals surface area contributed by atoms with Crippen molar-refractivity contribution in [2.75, 3.05) is 19.8 Å². The molecule has 2 aromatic carbocycles. The summed E-state index contributed by atoms with van der Waals surface area (Å²) < 4.78 is 40.9. The van der Waals surface area contributed by atoms with E-state index in [9.17, 15) is 4.79 Å². The lowest BCUT2D eigenvalue weighted by Gasteiger charge is -2.21. The highest BCUT2D eigenvalue weighted by atomic mass is 32.1. The highest BCUT2D eigenvalue weighted by molar-refractivity contribution is 7.30.